The van der Waals surface area contributed by atoms with Crippen molar-refractivity contribution in [3.05, 3.63) is 0 Å². The zero-order valence-corrected chi connectivity index (χ0v) is 41.9. The van der Waals surface area contributed by atoms with Crippen molar-refractivity contribution in [3.8, 4) is 0 Å². The molecule has 0 radical (unpaired) electrons. The predicted molar refractivity (Wildman–Crippen MR) is 263 cm³/mol. The second kappa shape index (κ2) is 53.1. The third-order valence-electron chi connectivity index (χ3n) is 12.8. The Morgan fingerprint density at radius 2 is 0.433 bits per heavy atom. The number of unbranched alkanes of at least 4 members (excludes halogenated alkanes) is 41. The van der Waals surface area contributed by atoms with Gasteiger partial charge in [-0.15, -0.1) is 0 Å². The molecule has 0 N–H and O–H groups in total. The summed E-state index contributed by atoms with van der Waals surface area (Å²) in [6, 6.07) is 0. The Kier molecular flexibility index (Phi) is 53.0. The summed E-state index contributed by atoms with van der Waals surface area (Å²) in [5.74, 6) is -0.856. The molecule has 0 aromatic carbocycles. The first-order chi connectivity index (χ1) is 29.7. The fraction of sp³-hybridized carbons (Fsp3) is 1.00. The Hall–Kier alpha value is -0.200. The van der Waals surface area contributed by atoms with E-state index in [1.54, 1.807) is 7.11 Å². The van der Waals surface area contributed by atoms with Crippen molar-refractivity contribution in [3.63, 3.8) is 0 Å². The highest BCUT2D eigenvalue weighted by atomic mass is 17.2. The molecule has 0 amide bonds. The first kappa shape index (κ1) is 59.8. The number of hydrogen-bond acceptors (Lipinski definition) is 5. The number of rotatable bonds is 55. The molecule has 0 aromatic heterocycles. The molecule has 0 spiro atoms. The van der Waals surface area contributed by atoms with Gasteiger partial charge < -0.3 is 14.2 Å². The Morgan fingerprint density at radius 1 is 0.233 bits per heavy atom. The molecular weight excluding hydrogens is 741 g/mol. The molecule has 0 fully saturated rings. The lowest BCUT2D eigenvalue weighted by Crippen LogP contribution is -2.40. The molecule has 1 atom stereocenters. The molecular formula is C55H112O5. The van der Waals surface area contributed by atoms with Gasteiger partial charge in [-0.2, -0.15) is 0 Å². The van der Waals surface area contributed by atoms with Gasteiger partial charge in [-0.1, -0.05) is 278 Å². The van der Waals surface area contributed by atoms with Crippen LogP contribution in [0.5, 0.6) is 0 Å². The predicted octanol–water partition coefficient (Wildman–Crippen LogP) is 19.3. The van der Waals surface area contributed by atoms with E-state index in [4.69, 9.17) is 19.1 Å². The van der Waals surface area contributed by atoms with Gasteiger partial charge in [0.15, 0.2) is 0 Å². The first-order valence-corrected chi connectivity index (χ1v) is 27.8. The van der Waals surface area contributed by atoms with Crippen LogP contribution in [0.4, 0.5) is 0 Å². The highest BCUT2D eigenvalue weighted by molar-refractivity contribution is 4.63. The standard InChI is InChI=1S/C55H112O5/c1-5-8-11-14-17-20-23-28-33-38-43-48-53-59-55(57-51-46-41-36-31-22-19-16-13-10-7-3,58-52-47-42-37-32-27-21-18-15-12-9-6-2)50-45-40-35-30-26-24-25-29-34-39-44-49-54-60-56-4/h5-54H2,1-4H3. The average Bonchev–Trinajstić information content (AvgIpc) is 3.26. The second-order valence-electron chi connectivity index (χ2n) is 18.8. The maximum atomic E-state index is 6.77. The number of ether oxygens (including phenoxy) is 3. The van der Waals surface area contributed by atoms with Crippen LogP contribution in [0, 0.1) is 0 Å². The van der Waals surface area contributed by atoms with Crippen LogP contribution in [0.3, 0.4) is 0 Å². The van der Waals surface area contributed by atoms with Crippen LogP contribution in [-0.4, -0.2) is 39.5 Å². The quantitative estimate of drug-likeness (QED) is 0.0264. The van der Waals surface area contributed by atoms with Gasteiger partial charge in [0, 0.05) is 6.42 Å². The van der Waals surface area contributed by atoms with E-state index in [0.29, 0.717) is 0 Å². The van der Waals surface area contributed by atoms with Gasteiger partial charge in [-0.05, 0) is 32.1 Å². The summed E-state index contributed by atoms with van der Waals surface area (Å²) in [4.78, 5) is 9.66. The lowest BCUT2D eigenvalue weighted by molar-refractivity contribution is -0.384. The van der Waals surface area contributed by atoms with E-state index >= 15 is 0 Å². The summed E-state index contributed by atoms with van der Waals surface area (Å²) in [5.41, 5.74) is 0. The molecule has 1 unspecified atom stereocenters. The minimum absolute atomic E-state index is 0.722. The second-order valence-corrected chi connectivity index (χ2v) is 18.8. The Morgan fingerprint density at radius 3 is 0.667 bits per heavy atom. The largest absolute Gasteiger partial charge is 0.327 e. The number of hydrogen-bond donors (Lipinski definition) is 0. The molecule has 362 valence electrons. The smallest absolute Gasteiger partial charge is 0.282 e. The molecule has 0 aliphatic carbocycles. The van der Waals surface area contributed by atoms with Gasteiger partial charge in [0.25, 0.3) is 5.97 Å². The minimum atomic E-state index is -0.856. The van der Waals surface area contributed by atoms with E-state index < -0.39 is 5.97 Å². The van der Waals surface area contributed by atoms with Crippen molar-refractivity contribution in [1.82, 2.24) is 0 Å². The van der Waals surface area contributed by atoms with Crippen LogP contribution in [0.25, 0.3) is 0 Å². The summed E-state index contributed by atoms with van der Waals surface area (Å²) in [6.07, 6.45) is 61.1. The highest BCUT2D eigenvalue weighted by Crippen LogP contribution is 2.27. The molecule has 0 rings (SSSR count). The molecule has 0 aromatic rings. The lowest BCUT2D eigenvalue weighted by atomic mass is 10.0. The maximum absolute atomic E-state index is 6.77. The molecule has 5 nitrogen and oxygen atoms in total. The van der Waals surface area contributed by atoms with E-state index in [-0.39, 0.29) is 0 Å². The van der Waals surface area contributed by atoms with Crippen LogP contribution in [-0.2, 0) is 24.0 Å². The molecule has 0 aliphatic heterocycles. The topological polar surface area (TPSA) is 46.2 Å². The minimum Gasteiger partial charge on any atom is -0.327 e. The molecule has 5 heteroatoms. The zero-order chi connectivity index (χ0) is 43.4. The van der Waals surface area contributed by atoms with Crippen LogP contribution in [0.15, 0.2) is 0 Å². The normalized spacial score (nSPS) is 12.8. The summed E-state index contributed by atoms with van der Waals surface area (Å²) < 4.78 is 20.3. The van der Waals surface area contributed by atoms with Crippen molar-refractivity contribution in [1.29, 1.82) is 0 Å². The van der Waals surface area contributed by atoms with Crippen LogP contribution < -0.4 is 0 Å². The van der Waals surface area contributed by atoms with Gasteiger partial charge in [-0.25, -0.2) is 9.78 Å². The molecule has 0 heterocycles. The van der Waals surface area contributed by atoms with Gasteiger partial charge in [-0.3, -0.25) is 0 Å². The van der Waals surface area contributed by atoms with Crippen molar-refractivity contribution >= 4 is 0 Å². The molecule has 0 aliphatic rings. The van der Waals surface area contributed by atoms with E-state index in [0.717, 1.165) is 65.0 Å². The molecule has 0 bridgehead atoms. The van der Waals surface area contributed by atoms with Crippen LogP contribution >= 0.6 is 0 Å². The van der Waals surface area contributed by atoms with Crippen LogP contribution in [0.2, 0.25) is 0 Å². The lowest BCUT2D eigenvalue weighted by Gasteiger charge is -2.34. The van der Waals surface area contributed by atoms with Gasteiger partial charge in [0.1, 0.15) is 0 Å². The van der Waals surface area contributed by atoms with Gasteiger partial charge in [0.2, 0.25) is 0 Å². The van der Waals surface area contributed by atoms with Crippen LogP contribution in [0.1, 0.15) is 316 Å². The molecule has 60 heavy (non-hydrogen) atoms. The fourth-order valence-corrected chi connectivity index (χ4v) is 8.68. The Labute approximate surface area is 378 Å². The Balaban J connectivity index is 4.89. The molecule has 0 saturated carbocycles. The zero-order valence-electron chi connectivity index (χ0n) is 41.9. The van der Waals surface area contributed by atoms with E-state index in [9.17, 15) is 0 Å². The van der Waals surface area contributed by atoms with Crippen molar-refractivity contribution in [2.45, 2.75) is 322 Å². The van der Waals surface area contributed by atoms with E-state index in [1.807, 2.05) is 0 Å². The third-order valence-corrected chi connectivity index (χ3v) is 12.8. The fourth-order valence-electron chi connectivity index (χ4n) is 8.68. The monoisotopic (exact) mass is 853 g/mol. The SMILES string of the molecule is CCCCCCCCCCCCCCOC(CCCCCCCCCCCCCCOOC)(OCCCCCCCCCCCC)OCCCCCCCCCCCCC. The summed E-state index contributed by atoms with van der Waals surface area (Å²) in [7, 11) is 1.59. The van der Waals surface area contributed by atoms with E-state index in [2.05, 4.69) is 25.7 Å². The summed E-state index contributed by atoms with van der Waals surface area (Å²) >= 11 is 0. The van der Waals surface area contributed by atoms with Gasteiger partial charge >= 0.3 is 0 Å². The van der Waals surface area contributed by atoms with E-state index in [1.165, 1.54) is 257 Å². The first-order valence-electron chi connectivity index (χ1n) is 27.8. The van der Waals surface area contributed by atoms with Crippen molar-refractivity contribution in [2.24, 2.45) is 0 Å². The van der Waals surface area contributed by atoms with Crippen molar-refractivity contribution < 1.29 is 24.0 Å². The maximum Gasteiger partial charge on any atom is 0.282 e. The van der Waals surface area contributed by atoms with Gasteiger partial charge in [0.05, 0.1) is 33.5 Å². The summed E-state index contributed by atoms with van der Waals surface area (Å²) in [6.45, 7) is 9.92. The van der Waals surface area contributed by atoms with Crippen molar-refractivity contribution in [2.75, 3.05) is 33.5 Å². The highest BCUT2D eigenvalue weighted by Gasteiger charge is 2.33. The molecule has 0 saturated heterocycles. The average molecular weight is 853 g/mol. The Bertz CT molecular complexity index is 748. The third kappa shape index (κ3) is 47.3. The summed E-state index contributed by atoms with van der Waals surface area (Å²) in [5, 5.41) is 0.